The van der Waals surface area contributed by atoms with Gasteiger partial charge in [0.2, 0.25) is 0 Å². The summed E-state index contributed by atoms with van der Waals surface area (Å²) >= 11 is 3.23. The number of nitrogens with one attached hydrogen (secondary N) is 2. The number of hydrogen-bond acceptors (Lipinski definition) is 6. The van der Waals surface area contributed by atoms with E-state index in [-0.39, 0.29) is 0 Å². The number of aromatic amines is 2. The lowest BCUT2D eigenvalue weighted by atomic mass is 10.0. The average molecular weight is 718 g/mol. The van der Waals surface area contributed by atoms with Crippen LogP contribution in [-0.2, 0) is 0 Å². The number of unbranched alkanes of at least 4 members (excludes halogenated alkanes) is 1. The van der Waals surface area contributed by atoms with Crippen molar-refractivity contribution in [3.63, 3.8) is 0 Å². The van der Waals surface area contributed by atoms with E-state index < -0.39 is 0 Å². The van der Waals surface area contributed by atoms with E-state index in [1.165, 1.54) is 30.6 Å². The lowest BCUT2D eigenvalue weighted by molar-refractivity contribution is 0.233. The molecule has 0 saturated heterocycles. The second-order valence-electron chi connectivity index (χ2n) is 13.2. The number of fused-ring (bicyclic) bond motifs is 3. The van der Waals surface area contributed by atoms with Crippen molar-refractivity contribution in [2.24, 2.45) is 5.92 Å². The molecule has 0 fully saturated rings. The molecular formula is C44H39N5OS2. The number of rotatable bonds is 11. The summed E-state index contributed by atoms with van der Waals surface area (Å²) < 4.78 is 8.50. The molecule has 0 radical (unpaired) electrons. The largest absolute Gasteiger partial charge is 0.493 e. The highest BCUT2D eigenvalue weighted by Gasteiger charge is 2.23. The third-order valence-electron chi connectivity index (χ3n) is 9.84. The maximum Gasteiger partial charge on any atom is 0.137 e. The maximum atomic E-state index is 10.9. The van der Waals surface area contributed by atoms with Gasteiger partial charge in [0.1, 0.15) is 27.4 Å². The van der Waals surface area contributed by atoms with Gasteiger partial charge in [-0.15, -0.1) is 22.7 Å². The van der Waals surface area contributed by atoms with E-state index in [1.54, 1.807) is 11.3 Å². The zero-order valence-electron chi connectivity index (χ0n) is 29.5. The lowest BCUT2D eigenvalue weighted by Gasteiger charge is -2.15. The van der Waals surface area contributed by atoms with Gasteiger partial charge in [0.25, 0.3) is 0 Å². The topological polar surface area (TPSA) is 90.4 Å². The maximum absolute atomic E-state index is 10.9. The minimum atomic E-state index is 0.510. The quantitative estimate of drug-likeness (QED) is 0.139. The Morgan fingerprint density at radius 3 is 1.94 bits per heavy atom. The van der Waals surface area contributed by atoms with Crippen molar-refractivity contribution in [2.75, 3.05) is 6.61 Å². The van der Waals surface area contributed by atoms with Gasteiger partial charge in [-0.05, 0) is 78.9 Å². The Morgan fingerprint density at radius 1 is 0.731 bits per heavy atom. The monoisotopic (exact) mass is 717 g/mol. The Morgan fingerprint density at radius 2 is 1.31 bits per heavy atom. The second kappa shape index (κ2) is 14.6. The van der Waals surface area contributed by atoms with E-state index in [9.17, 15) is 5.26 Å². The van der Waals surface area contributed by atoms with Crippen molar-refractivity contribution >= 4 is 65.0 Å². The number of hydrogen-bond donors (Lipinski definition) is 2. The predicted octanol–water partition coefficient (Wildman–Crippen LogP) is 10.6. The van der Waals surface area contributed by atoms with E-state index in [4.69, 9.17) is 14.7 Å². The summed E-state index contributed by atoms with van der Waals surface area (Å²) in [5.74, 6) is 1.41. The molecule has 2 N–H and O–H groups in total. The Balaban J connectivity index is 1.39. The minimum absolute atomic E-state index is 0.510. The standard InChI is InChI=1S/C44H39N5OS2/c1-4-6-14-28(5-2)26-50-31-23-21-30(22-24-31)41-38-37(39(48-41)27(3)43-46-33-17-10-12-19-35(33)51-43)40(29-15-8-7-9-16-29)49-42(38)32(25-45)44-47-34-18-11-13-20-36(34)52-44/h7-13,15-24,28,48-49H,4-6,14,26H2,1-3H3/b39-27-,42-32-. The van der Waals surface area contributed by atoms with Crippen LogP contribution in [0.25, 0.3) is 64.9 Å². The predicted molar refractivity (Wildman–Crippen MR) is 217 cm³/mol. The highest BCUT2D eigenvalue weighted by atomic mass is 32.1. The minimum Gasteiger partial charge on any atom is -0.493 e. The zero-order valence-corrected chi connectivity index (χ0v) is 31.1. The van der Waals surface area contributed by atoms with Crippen LogP contribution >= 0.6 is 22.7 Å². The van der Waals surface area contributed by atoms with Crippen LogP contribution in [0.2, 0.25) is 0 Å². The van der Waals surface area contributed by atoms with Gasteiger partial charge in [-0.2, -0.15) is 5.26 Å². The molecule has 8 rings (SSSR count). The molecule has 0 bridgehead atoms. The highest BCUT2D eigenvalue weighted by Crippen LogP contribution is 2.34. The Hall–Kier alpha value is -5.49. The molecule has 0 amide bonds. The van der Waals surface area contributed by atoms with Crippen LogP contribution in [0, 0.1) is 17.2 Å². The Bertz CT molecular complexity index is 2620. The first-order chi connectivity index (χ1) is 25.6. The first-order valence-corrected chi connectivity index (χ1v) is 19.6. The molecule has 4 aromatic heterocycles. The number of nitriles is 1. The van der Waals surface area contributed by atoms with Crippen molar-refractivity contribution in [3.8, 4) is 34.3 Å². The Kier molecular flexibility index (Phi) is 9.46. The fourth-order valence-electron chi connectivity index (χ4n) is 6.92. The summed E-state index contributed by atoms with van der Waals surface area (Å²) in [6.45, 7) is 7.33. The number of aromatic nitrogens is 4. The molecule has 8 heteroatoms. The van der Waals surface area contributed by atoms with Gasteiger partial charge in [-0.3, -0.25) is 0 Å². The van der Waals surface area contributed by atoms with Crippen LogP contribution in [0.4, 0.5) is 0 Å². The molecule has 1 atom stereocenters. The van der Waals surface area contributed by atoms with Crippen LogP contribution in [0.3, 0.4) is 0 Å². The van der Waals surface area contributed by atoms with Crippen LogP contribution < -0.4 is 15.4 Å². The van der Waals surface area contributed by atoms with Crippen molar-refractivity contribution in [1.29, 1.82) is 5.26 Å². The molecule has 0 aliphatic rings. The summed E-state index contributed by atoms with van der Waals surface area (Å²) in [4.78, 5) is 17.6. The van der Waals surface area contributed by atoms with Gasteiger partial charge in [-0.1, -0.05) is 87.7 Å². The summed E-state index contributed by atoms with van der Waals surface area (Å²) in [5, 5.41) is 16.2. The molecule has 8 aromatic rings. The zero-order chi connectivity index (χ0) is 35.6. The number of ether oxygens (including phenoxy) is 1. The van der Waals surface area contributed by atoms with Crippen LogP contribution in [0.1, 0.15) is 56.5 Å². The van der Waals surface area contributed by atoms with Gasteiger partial charge in [0, 0.05) is 16.3 Å². The molecule has 258 valence electrons. The Labute approximate surface area is 310 Å². The molecule has 0 saturated carbocycles. The number of benzene rings is 4. The summed E-state index contributed by atoms with van der Waals surface area (Å²) in [5.41, 5.74) is 7.30. The molecule has 4 aromatic carbocycles. The number of para-hydroxylation sites is 2. The van der Waals surface area contributed by atoms with Gasteiger partial charge in [0.05, 0.1) is 49.1 Å². The van der Waals surface area contributed by atoms with E-state index >= 15 is 0 Å². The van der Waals surface area contributed by atoms with Crippen molar-refractivity contribution < 1.29 is 4.74 Å². The fraction of sp³-hybridized carbons (Fsp3) is 0.205. The van der Waals surface area contributed by atoms with E-state index in [2.05, 4.69) is 97.5 Å². The molecule has 52 heavy (non-hydrogen) atoms. The van der Waals surface area contributed by atoms with E-state index in [0.717, 1.165) is 87.2 Å². The summed E-state index contributed by atoms with van der Waals surface area (Å²) in [6, 6.07) is 37.6. The molecule has 0 aliphatic carbocycles. The van der Waals surface area contributed by atoms with Crippen molar-refractivity contribution in [3.05, 3.63) is 124 Å². The molecule has 1 unspecified atom stereocenters. The second-order valence-corrected chi connectivity index (χ2v) is 15.3. The van der Waals surface area contributed by atoms with Crippen LogP contribution in [0.15, 0.2) is 103 Å². The number of nitrogens with zero attached hydrogens (tertiary/aromatic N) is 3. The third-order valence-corrected chi connectivity index (χ3v) is 12.1. The van der Waals surface area contributed by atoms with Gasteiger partial charge in [-0.25, -0.2) is 9.97 Å². The fourth-order valence-corrected chi connectivity index (χ4v) is 8.86. The van der Waals surface area contributed by atoms with Crippen molar-refractivity contribution in [2.45, 2.75) is 46.5 Å². The first kappa shape index (κ1) is 33.6. The lowest BCUT2D eigenvalue weighted by Crippen LogP contribution is -2.11. The van der Waals surface area contributed by atoms with Crippen molar-refractivity contribution in [1.82, 2.24) is 19.9 Å². The highest BCUT2D eigenvalue weighted by molar-refractivity contribution is 7.19. The van der Waals surface area contributed by atoms with Gasteiger partial charge in [0.15, 0.2) is 0 Å². The number of thiazole rings is 2. The van der Waals surface area contributed by atoms with E-state index in [1.807, 2.05) is 42.5 Å². The normalized spacial score (nSPS) is 13.4. The summed E-state index contributed by atoms with van der Waals surface area (Å²) in [7, 11) is 0. The number of H-pyrrole nitrogens is 2. The smallest absolute Gasteiger partial charge is 0.137 e. The average Bonchev–Trinajstić information content (AvgIpc) is 3.98. The van der Waals surface area contributed by atoms with Crippen LogP contribution in [0.5, 0.6) is 5.75 Å². The molecule has 0 aliphatic heterocycles. The molecule has 0 spiro atoms. The van der Waals surface area contributed by atoms with Crippen LogP contribution in [-0.4, -0.2) is 26.5 Å². The molecular weight excluding hydrogens is 679 g/mol. The SMILES string of the molecule is CCCCC(CC)COc1ccc(-c2[nH]/c(=C(/C)c3nc4ccccc4s3)c3c(-c4ccccc4)[nH]/c(=C(/C#N)c4nc5ccccc5s4)c23)cc1. The van der Waals surface area contributed by atoms with Gasteiger partial charge < -0.3 is 14.7 Å². The first-order valence-electron chi connectivity index (χ1n) is 18.0. The molecule has 4 heterocycles. The van der Waals surface area contributed by atoms with E-state index in [0.29, 0.717) is 23.1 Å². The third kappa shape index (κ3) is 6.32. The molecule has 6 nitrogen and oxygen atoms in total. The summed E-state index contributed by atoms with van der Waals surface area (Å²) in [6.07, 6.45) is 4.72. The van der Waals surface area contributed by atoms with Gasteiger partial charge >= 0.3 is 0 Å².